The molecule has 1 aromatic carbocycles. The van der Waals surface area contributed by atoms with Gasteiger partial charge in [0.1, 0.15) is 0 Å². The Morgan fingerprint density at radius 2 is 2.08 bits per heavy atom. The number of rotatable bonds is 4. The standard InChI is InChI=1S/C21H25N3O/c1-24(15-16-8-11-22-12-9-16)20(25)23-14-18-13-21(18)10-4-6-17-5-2-3-7-19(17)21/h2-3,5,7-9,11-12,18H,4,6,10,13-15H2,1H3,(H,23,25). The molecule has 2 aromatic rings. The monoisotopic (exact) mass is 335 g/mol. The molecule has 1 aromatic heterocycles. The smallest absolute Gasteiger partial charge is 0.317 e. The number of urea groups is 1. The zero-order valence-corrected chi connectivity index (χ0v) is 14.7. The highest BCUT2D eigenvalue weighted by Gasteiger charge is 2.56. The number of benzene rings is 1. The second-order valence-electron chi connectivity index (χ2n) is 7.47. The summed E-state index contributed by atoms with van der Waals surface area (Å²) in [5.74, 6) is 0.576. The quantitative estimate of drug-likeness (QED) is 0.929. The summed E-state index contributed by atoms with van der Waals surface area (Å²) < 4.78 is 0. The summed E-state index contributed by atoms with van der Waals surface area (Å²) in [7, 11) is 1.84. The van der Waals surface area contributed by atoms with Crippen LogP contribution in [0.5, 0.6) is 0 Å². The highest BCUT2D eigenvalue weighted by Crippen LogP contribution is 2.59. The Kier molecular flexibility index (Phi) is 4.20. The van der Waals surface area contributed by atoms with Gasteiger partial charge in [-0.15, -0.1) is 0 Å². The van der Waals surface area contributed by atoms with Crippen molar-refractivity contribution in [1.29, 1.82) is 0 Å². The normalized spacial score (nSPS) is 23.8. The zero-order chi connectivity index (χ0) is 17.3. The van der Waals surface area contributed by atoms with E-state index in [4.69, 9.17) is 0 Å². The lowest BCUT2D eigenvalue weighted by molar-refractivity contribution is 0.206. The molecule has 2 aliphatic carbocycles. The van der Waals surface area contributed by atoms with Crippen molar-refractivity contribution in [3.63, 3.8) is 0 Å². The highest BCUT2D eigenvalue weighted by atomic mass is 16.2. The van der Waals surface area contributed by atoms with Gasteiger partial charge in [-0.2, -0.15) is 0 Å². The van der Waals surface area contributed by atoms with E-state index in [0.717, 1.165) is 12.1 Å². The Morgan fingerprint density at radius 3 is 2.92 bits per heavy atom. The summed E-state index contributed by atoms with van der Waals surface area (Å²) in [4.78, 5) is 18.1. The minimum absolute atomic E-state index is 0.00274. The molecule has 2 aliphatic rings. The number of aromatic nitrogens is 1. The largest absolute Gasteiger partial charge is 0.338 e. The van der Waals surface area contributed by atoms with Gasteiger partial charge in [-0.1, -0.05) is 24.3 Å². The van der Waals surface area contributed by atoms with Gasteiger partial charge >= 0.3 is 6.03 Å². The first-order valence-electron chi connectivity index (χ1n) is 9.15. The Labute approximate surface area is 149 Å². The molecule has 25 heavy (non-hydrogen) atoms. The topological polar surface area (TPSA) is 45.2 Å². The number of fused-ring (bicyclic) bond motifs is 2. The number of nitrogens with zero attached hydrogens (tertiary/aromatic N) is 2. The minimum atomic E-state index is 0.00274. The molecule has 4 rings (SSSR count). The van der Waals surface area contributed by atoms with Crippen molar-refractivity contribution in [2.45, 2.75) is 37.6 Å². The molecule has 0 saturated heterocycles. The lowest BCUT2D eigenvalue weighted by Crippen LogP contribution is -2.38. The number of carbonyl (C=O) groups is 1. The average Bonchev–Trinajstić information content (AvgIpc) is 3.34. The predicted octanol–water partition coefficient (Wildman–Crippen LogP) is 3.52. The molecule has 2 unspecified atom stereocenters. The van der Waals surface area contributed by atoms with Crippen molar-refractivity contribution < 1.29 is 4.79 Å². The fraction of sp³-hybridized carbons (Fsp3) is 0.429. The molecule has 1 fully saturated rings. The maximum atomic E-state index is 12.4. The Morgan fingerprint density at radius 1 is 1.28 bits per heavy atom. The molecule has 1 N–H and O–H groups in total. The molecule has 4 nitrogen and oxygen atoms in total. The van der Waals surface area contributed by atoms with Gasteiger partial charge in [-0.05, 0) is 60.4 Å². The molecular formula is C21H25N3O. The van der Waals surface area contributed by atoms with Crippen molar-refractivity contribution in [1.82, 2.24) is 15.2 Å². The third kappa shape index (κ3) is 3.13. The second kappa shape index (κ2) is 6.51. The molecule has 0 bridgehead atoms. The van der Waals surface area contributed by atoms with Gasteiger partial charge < -0.3 is 10.2 Å². The van der Waals surface area contributed by atoms with E-state index in [0.29, 0.717) is 17.9 Å². The van der Waals surface area contributed by atoms with Crippen molar-refractivity contribution >= 4 is 6.03 Å². The zero-order valence-electron chi connectivity index (χ0n) is 14.7. The summed E-state index contributed by atoms with van der Waals surface area (Å²) in [6.07, 6.45) is 8.45. The number of carbonyl (C=O) groups excluding carboxylic acids is 1. The van der Waals surface area contributed by atoms with E-state index < -0.39 is 0 Å². The van der Waals surface area contributed by atoms with E-state index in [1.54, 1.807) is 17.3 Å². The fourth-order valence-electron chi connectivity index (χ4n) is 4.42. The number of hydrogen-bond donors (Lipinski definition) is 1. The first kappa shape index (κ1) is 16.1. The van der Waals surface area contributed by atoms with Crippen molar-refractivity contribution in [2.24, 2.45) is 5.92 Å². The van der Waals surface area contributed by atoms with Crippen LogP contribution in [-0.4, -0.2) is 29.5 Å². The summed E-state index contributed by atoms with van der Waals surface area (Å²) in [5.41, 5.74) is 4.46. The van der Waals surface area contributed by atoms with Crippen LogP contribution in [0.15, 0.2) is 48.8 Å². The first-order chi connectivity index (χ1) is 12.2. The van der Waals surface area contributed by atoms with E-state index in [1.165, 1.54) is 36.8 Å². The van der Waals surface area contributed by atoms with Crippen LogP contribution in [0.1, 0.15) is 36.0 Å². The van der Waals surface area contributed by atoms with Crippen LogP contribution in [0.2, 0.25) is 0 Å². The molecule has 4 heteroatoms. The average molecular weight is 335 g/mol. The van der Waals surface area contributed by atoms with Gasteiger partial charge in [-0.25, -0.2) is 4.79 Å². The number of nitrogens with one attached hydrogen (secondary N) is 1. The minimum Gasteiger partial charge on any atom is -0.338 e. The van der Waals surface area contributed by atoms with Crippen LogP contribution < -0.4 is 5.32 Å². The Hall–Kier alpha value is -2.36. The SMILES string of the molecule is CN(Cc1ccncc1)C(=O)NCC1CC12CCCc1ccccc12. The predicted molar refractivity (Wildman–Crippen MR) is 98.3 cm³/mol. The molecule has 1 heterocycles. The number of pyridine rings is 1. The third-order valence-electron chi connectivity index (χ3n) is 5.87. The Bertz CT molecular complexity index is 761. The molecule has 2 amide bonds. The molecule has 0 radical (unpaired) electrons. The fourth-order valence-corrected chi connectivity index (χ4v) is 4.42. The molecule has 130 valence electrons. The summed E-state index contributed by atoms with van der Waals surface area (Å²) in [5, 5.41) is 3.14. The van der Waals surface area contributed by atoms with E-state index in [9.17, 15) is 4.79 Å². The van der Waals surface area contributed by atoms with Crippen molar-refractivity contribution in [3.05, 3.63) is 65.5 Å². The van der Waals surface area contributed by atoms with Crippen LogP contribution >= 0.6 is 0 Å². The van der Waals surface area contributed by atoms with Crippen LogP contribution in [0.3, 0.4) is 0 Å². The van der Waals surface area contributed by atoms with E-state index in [2.05, 4.69) is 34.6 Å². The number of amides is 2. The number of aryl methyl sites for hydroxylation is 1. The van der Waals surface area contributed by atoms with Crippen LogP contribution in [0.25, 0.3) is 0 Å². The maximum absolute atomic E-state index is 12.4. The van der Waals surface area contributed by atoms with Gasteiger partial charge in [-0.3, -0.25) is 4.98 Å². The molecule has 1 saturated carbocycles. The molecule has 0 aliphatic heterocycles. The lowest BCUT2D eigenvalue weighted by atomic mass is 9.78. The van der Waals surface area contributed by atoms with Crippen LogP contribution in [-0.2, 0) is 18.4 Å². The molecule has 2 atom stereocenters. The highest BCUT2D eigenvalue weighted by molar-refractivity contribution is 5.74. The van der Waals surface area contributed by atoms with Gasteiger partial charge in [0, 0.05) is 37.9 Å². The summed E-state index contributed by atoms with van der Waals surface area (Å²) in [6, 6.07) is 12.8. The summed E-state index contributed by atoms with van der Waals surface area (Å²) >= 11 is 0. The maximum Gasteiger partial charge on any atom is 0.317 e. The number of hydrogen-bond acceptors (Lipinski definition) is 2. The molecular weight excluding hydrogens is 310 g/mol. The van der Waals surface area contributed by atoms with Crippen molar-refractivity contribution in [2.75, 3.05) is 13.6 Å². The van der Waals surface area contributed by atoms with Gasteiger partial charge in [0.2, 0.25) is 0 Å². The van der Waals surface area contributed by atoms with Gasteiger partial charge in [0.25, 0.3) is 0 Å². The third-order valence-corrected chi connectivity index (χ3v) is 5.87. The van der Waals surface area contributed by atoms with E-state index in [1.807, 2.05) is 19.2 Å². The van der Waals surface area contributed by atoms with Crippen molar-refractivity contribution in [3.8, 4) is 0 Å². The molecule has 1 spiro atoms. The van der Waals surface area contributed by atoms with E-state index in [-0.39, 0.29) is 6.03 Å². The van der Waals surface area contributed by atoms with Crippen LogP contribution in [0, 0.1) is 5.92 Å². The van der Waals surface area contributed by atoms with Gasteiger partial charge in [0.15, 0.2) is 0 Å². The van der Waals surface area contributed by atoms with Crippen LogP contribution in [0.4, 0.5) is 4.79 Å². The van der Waals surface area contributed by atoms with E-state index >= 15 is 0 Å². The Balaban J connectivity index is 1.34. The summed E-state index contributed by atoms with van der Waals surface area (Å²) in [6.45, 7) is 1.38. The first-order valence-corrected chi connectivity index (χ1v) is 9.15. The van der Waals surface area contributed by atoms with Gasteiger partial charge in [0.05, 0.1) is 0 Å². The lowest BCUT2D eigenvalue weighted by Gasteiger charge is -2.27. The second-order valence-corrected chi connectivity index (χ2v) is 7.47.